The summed E-state index contributed by atoms with van der Waals surface area (Å²) in [5.41, 5.74) is 2.61. The number of anilines is 2. The Morgan fingerprint density at radius 2 is 1.67 bits per heavy atom. The highest BCUT2D eigenvalue weighted by atomic mass is 16.1. The fourth-order valence-electron chi connectivity index (χ4n) is 2.93. The number of nitrogens with zero attached hydrogens (tertiary/aromatic N) is 6. The third kappa shape index (κ3) is 2.68. The normalized spacial score (nSPS) is 15.0. The first-order chi connectivity index (χ1) is 11.7. The van der Waals surface area contributed by atoms with E-state index in [0.717, 1.165) is 48.7 Å². The molecule has 0 radical (unpaired) electrons. The van der Waals surface area contributed by atoms with Crippen LogP contribution in [0.1, 0.15) is 0 Å². The standard InChI is InChI=1S/C17H18N6O/c1-21-17(24)10-13(11-19-21)22-6-8-23(9-7-22)16-12-18-14-4-2-3-5-15(14)20-16/h2-5,10-12H,6-9H2,1H3. The Morgan fingerprint density at radius 1 is 0.958 bits per heavy atom. The van der Waals surface area contributed by atoms with Crippen molar-refractivity contribution in [3.63, 3.8) is 0 Å². The summed E-state index contributed by atoms with van der Waals surface area (Å²) >= 11 is 0. The summed E-state index contributed by atoms with van der Waals surface area (Å²) in [4.78, 5) is 25.3. The van der Waals surface area contributed by atoms with Gasteiger partial charge in [0.2, 0.25) is 0 Å². The molecular formula is C17H18N6O. The lowest BCUT2D eigenvalue weighted by Gasteiger charge is -2.36. The van der Waals surface area contributed by atoms with Crippen LogP contribution in [0.2, 0.25) is 0 Å². The number of hydrogen-bond acceptors (Lipinski definition) is 6. The van der Waals surface area contributed by atoms with E-state index in [0.29, 0.717) is 0 Å². The van der Waals surface area contributed by atoms with Gasteiger partial charge in [0.05, 0.1) is 29.1 Å². The SMILES string of the molecule is Cn1ncc(N2CCN(c3cnc4ccccc4n3)CC2)cc1=O. The molecule has 1 aromatic carbocycles. The van der Waals surface area contributed by atoms with Crippen LogP contribution in [0.3, 0.4) is 0 Å². The zero-order chi connectivity index (χ0) is 16.5. The van der Waals surface area contributed by atoms with Crippen LogP contribution in [0.25, 0.3) is 11.0 Å². The maximum atomic E-state index is 11.7. The van der Waals surface area contributed by atoms with Crippen LogP contribution in [0, 0.1) is 0 Å². The van der Waals surface area contributed by atoms with Crippen molar-refractivity contribution in [1.82, 2.24) is 19.7 Å². The second-order valence-electron chi connectivity index (χ2n) is 5.87. The summed E-state index contributed by atoms with van der Waals surface area (Å²) in [5, 5.41) is 4.09. The van der Waals surface area contributed by atoms with Gasteiger partial charge in [0.15, 0.2) is 0 Å². The van der Waals surface area contributed by atoms with Gasteiger partial charge in [-0.2, -0.15) is 5.10 Å². The van der Waals surface area contributed by atoms with Crippen molar-refractivity contribution in [2.24, 2.45) is 7.05 Å². The second-order valence-corrected chi connectivity index (χ2v) is 5.87. The third-order valence-electron chi connectivity index (χ3n) is 4.36. The molecule has 1 fully saturated rings. The van der Waals surface area contributed by atoms with Crippen molar-refractivity contribution in [2.45, 2.75) is 0 Å². The largest absolute Gasteiger partial charge is 0.367 e. The van der Waals surface area contributed by atoms with Gasteiger partial charge in [0.1, 0.15) is 5.82 Å². The van der Waals surface area contributed by atoms with Crippen molar-refractivity contribution in [1.29, 1.82) is 0 Å². The van der Waals surface area contributed by atoms with Crippen LogP contribution < -0.4 is 15.4 Å². The molecular weight excluding hydrogens is 304 g/mol. The molecule has 1 aliphatic rings. The molecule has 3 heterocycles. The summed E-state index contributed by atoms with van der Waals surface area (Å²) in [6, 6.07) is 9.52. The lowest BCUT2D eigenvalue weighted by molar-refractivity contribution is 0.638. The van der Waals surface area contributed by atoms with Crippen LogP contribution in [0.5, 0.6) is 0 Å². The maximum Gasteiger partial charge on any atom is 0.268 e. The number of piperazine rings is 1. The van der Waals surface area contributed by atoms with E-state index in [1.54, 1.807) is 19.3 Å². The van der Waals surface area contributed by atoms with Crippen molar-refractivity contribution in [3.8, 4) is 0 Å². The summed E-state index contributed by atoms with van der Waals surface area (Å²) < 4.78 is 1.34. The molecule has 3 aromatic rings. The van der Waals surface area contributed by atoms with Gasteiger partial charge in [-0.25, -0.2) is 9.67 Å². The molecule has 122 valence electrons. The van der Waals surface area contributed by atoms with E-state index >= 15 is 0 Å². The first-order valence-electron chi connectivity index (χ1n) is 7.96. The molecule has 24 heavy (non-hydrogen) atoms. The molecule has 0 spiro atoms. The first-order valence-corrected chi connectivity index (χ1v) is 7.96. The molecule has 7 heteroatoms. The lowest BCUT2D eigenvalue weighted by atomic mass is 10.2. The van der Waals surface area contributed by atoms with E-state index in [2.05, 4.69) is 19.9 Å². The van der Waals surface area contributed by atoms with Gasteiger partial charge >= 0.3 is 0 Å². The van der Waals surface area contributed by atoms with E-state index in [-0.39, 0.29) is 5.56 Å². The van der Waals surface area contributed by atoms with Crippen LogP contribution >= 0.6 is 0 Å². The summed E-state index contributed by atoms with van der Waals surface area (Å²) in [5.74, 6) is 0.899. The van der Waals surface area contributed by atoms with Gasteiger partial charge in [-0.15, -0.1) is 0 Å². The van der Waals surface area contributed by atoms with E-state index in [9.17, 15) is 4.79 Å². The van der Waals surface area contributed by atoms with E-state index in [1.807, 2.05) is 30.5 Å². The molecule has 0 bridgehead atoms. The number of fused-ring (bicyclic) bond motifs is 1. The van der Waals surface area contributed by atoms with Crippen LogP contribution in [0.15, 0.2) is 47.5 Å². The highest BCUT2D eigenvalue weighted by Gasteiger charge is 2.19. The Labute approximate surface area is 139 Å². The Kier molecular flexibility index (Phi) is 3.60. The molecule has 0 atom stereocenters. The number of aromatic nitrogens is 4. The minimum absolute atomic E-state index is 0.0877. The quantitative estimate of drug-likeness (QED) is 0.702. The van der Waals surface area contributed by atoms with Gasteiger partial charge in [0.25, 0.3) is 5.56 Å². The molecule has 4 rings (SSSR count). The van der Waals surface area contributed by atoms with Gasteiger partial charge in [-0.1, -0.05) is 12.1 Å². The Balaban J connectivity index is 1.50. The Hall–Kier alpha value is -2.96. The van der Waals surface area contributed by atoms with Crippen molar-refractivity contribution < 1.29 is 0 Å². The monoisotopic (exact) mass is 322 g/mol. The number of rotatable bonds is 2. The predicted molar refractivity (Wildman–Crippen MR) is 93.4 cm³/mol. The minimum atomic E-state index is -0.0877. The predicted octanol–water partition coefficient (Wildman–Crippen LogP) is 1.05. The minimum Gasteiger partial charge on any atom is -0.367 e. The highest BCUT2D eigenvalue weighted by molar-refractivity contribution is 5.75. The molecule has 2 aromatic heterocycles. The third-order valence-corrected chi connectivity index (χ3v) is 4.36. The fourth-order valence-corrected chi connectivity index (χ4v) is 2.93. The van der Waals surface area contributed by atoms with Gasteiger partial charge in [-0.3, -0.25) is 9.78 Å². The first kappa shape index (κ1) is 14.6. The second kappa shape index (κ2) is 5.92. The summed E-state index contributed by atoms with van der Waals surface area (Å²) in [7, 11) is 1.66. The number of hydrogen-bond donors (Lipinski definition) is 0. The van der Waals surface area contributed by atoms with E-state index < -0.39 is 0 Å². The average molecular weight is 322 g/mol. The Bertz CT molecular complexity index is 930. The smallest absolute Gasteiger partial charge is 0.268 e. The molecule has 0 N–H and O–H groups in total. The van der Waals surface area contributed by atoms with Crippen molar-refractivity contribution in [2.75, 3.05) is 36.0 Å². The molecule has 0 unspecified atom stereocenters. The highest BCUT2D eigenvalue weighted by Crippen LogP contribution is 2.19. The fraction of sp³-hybridized carbons (Fsp3) is 0.294. The van der Waals surface area contributed by atoms with Gasteiger partial charge in [-0.05, 0) is 12.1 Å². The zero-order valence-corrected chi connectivity index (χ0v) is 13.5. The van der Waals surface area contributed by atoms with Gasteiger partial charge in [0, 0.05) is 39.3 Å². The van der Waals surface area contributed by atoms with Crippen molar-refractivity contribution >= 4 is 22.5 Å². The van der Waals surface area contributed by atoms with E-state index in [1.165, 1.54) is 4.68 Å². The number of para-hydroxylation sites is 2. The summed E-state index contributed by atoms with van der Waals surface area (Å²) in [6.07, 6.45) is 3.57. The number of aryl methyl sites for hydroxylation is 1. The maximum absolute atomic E-state index is 11.7. The average Bonchev–Trinajstić information content (AvgIpc) is 2.64. The number of benzene rings is 1. The lowest BCUT2D eigenvalue weighted by Crippen LogP contribution is -2.47. The van der Waals surface area contributed by atoms with Crippen LogP contribution in [-0.4, -0.2) is 45.9 Å². The topological polar surface area (TPSA) is 67.2 Å². The molecule has 7 nitrogen and oxygen atoms in total. The summed E-state index contributed by atoms with van der Waals surface area (Å²) in [6.45, 7) is 3.32. The molecule has 1 saturated heterocycles. The zero-order valence-electron chi connectivity index (χ0n) is 13.5. The molecule has 0 aliphatic carbocycles. The van der Waals surface area contributed by atoms with Crippen molar-refractivity contribution in [3.05, 3.63) is 53.1 Å². The van der Waals surface area contributed by atoms with E-state index in [4.69, 9.17) is 4.98 Å². The molecule has 1 aliphatic heterocycles. The van der Waals surface area contributed by atoms with Crippen LogP contribution in [-0.2, 0) is 7.05 Å². The van der Waals surface area contributed by atoms with Crippen LogP contribution in [0.4, 0.5) is 11.5 Å². The molecule has 0 amide bonds. The van der Waals surface area contributed by atoms with Gasteiger partial charge < -0.3 is 9.80 Å². The molecule has 0 saturated carbocycles. The Morgan fingerprint density at radius 3 is 2.42 bits per heavy atom.